The summed E-state index contributed by atoms with van der Waals surface area (Å²) in [6.45, 7) is -0.174. The van der Waals surface area contributed by atoms with Gasteiger partial charge in [0.25, 0.3) is 5.91 Å². The van der Waals surface area contributed by atoms with Crippen molar-refractivity contribution in [1.82, 2.24) is 4.98 Å². The quantitative estimate of drug-likeness (QED) is 0.827. The maximum absolute atomic E-state index is 13.2. The standard InChI is InChI=1S/C14H14FN3O2/c15-11-7-10(8-17-9-11)14(20)18(5-6-19)13-4-2-1-3-12(13)16/h1-4,7-9,19H,5-6,16H2. The number of hydrogen-bond donors (Lipinski definition) is 2. The van der Waals surface area contributed by atoms with E-state index in [1.165, 1.54) is 11.1 Å². The van der Waals surface area contributed by atoms with Gasteiger partial charge in [-0.2, -0.15) is 0 Å². The fourth-order valence-electron chi connectivity index (χ4n) is 1.85. The highest BCUT2D eigenvalue weighted by atomic mass is 19.1. The Bertz CT molecular complexity index is 619. The van der Waals surface area contributed by atoms with Gasteiger partial charge in [-0.1, -0.05) is 12.1 Å². The van der Waals surface area contributed by atoms with Crippen molar-refractivity contribution in [2.75, 3.05) is 23.8 Å². The first-order valence-corrected chi connectivity index (χ1v) is 6.01. The highest BCUT2D eigenvalue weighted by Crippen LogP contribution is 2.24. The molecule has 2 rings (SSSR count). The van der Waals surface area contributed by atoms with Crippen molar-refractivity contribution in [2.45, 2.75) is 0 Å². The Labute approximate surface area is 115 Å². The molecule has 104 valence electrons. The van der Waals surface area contributed by atoms with E-state index in [-0.39, 0.29) is 18.7 Å². The number of amides is 1. The molecule has 2 aromatic rings. The van der Waals surface area contributed by atoms with Gasteiger partial charge in [0.1, 0.15) is 5.82 Å². The number of pyridine rings is 1. The van der Waals surface area contributed by atoms with E-state index in [1.54, 1.807) is 24.3 Å². The van der Waals surface area contributed by atoms with Gasteiger partial charge in [-0.3, -0.25) is 9.78 Å². The number of nitrogens with zero attached hydrogens (tertiary/aromatic N) is 2. The van der Waals surface area contributed by atoms with Crippen LogP contribution in [0.4, 0.5) is 15.8 Å². The summed E-state index contributed by atoms with van der Waals surface area (Å²) in [5, 5.41) is 9.11. The Hall–Kier alpha value is -2.47. The molecule has 0 aliphatic rings. The van der Waals surface area contributed by atoms with Crippen LogP contribution in [0.2, 0.25) is 0 Å². The number of aromatic nitrogens is 1. The minimum absolute atomic E-state index is 0.0591. The van der Waals surface area contributed by atoms with E-state index >= 15 is 0 Å². The number of halogens is 1. The third-order valence-corrected chi connectivity index (χ3v) is 2.75. The fourth-order valence-corrected chi connectivity index (χ4v) is 1.85. The first-order chi connectivity index (χ1) is 9.63. The smallest absolute Gasteiger partial charge is 0.260 e. The van der Waals surface area contributed by atoms with Crippen LogP contribution in [-0.4, -0.2) is 29.1 Å². The second kappa shape index (κ2) is 6.12. The number of hydrogen-bond acceptors (Lipinski definition) is 4. The van der Waals surface area contributed by atoms with Crippen LogP contribution < -0.4 is 10.6 Å². The van der Waals surface area contributed by atoms with Gasteiger partial charge in [0.05, 0.1) is 29.7 Å². The number of anilines is 2. The second-order valence-corrected chi connectivity index (χ2v) is 4.13. The molecule has 3 N–H and O–H groups in total. The lowest BCUT2D eigenvalue weighted by molar-refractivity contribution is 0.0980. The Morgan fingerprint density at radius 1 is 1.35 bits per heavy atom. The van der Waals surface area contributed by atoms with Crippen molar-refractivity contribution in [3.05, 3.63) is 54.1 Å². The summed E-state index contributed by atoms with van der Waals surface area (Å²) in [6, 6.07) is 7.88. The highest BCUT2D eigenvalue weighted by molar-refractivity contribution is 6.07. The molecule has 1 amide bonds. The molecule has 1 heterocycles. The lowest BCUT2D eigenvalue weighted by Crippen LogP contribution is -2.34. The van der Waals surface area contributed by atoms with Crippen molar-refractivity contribution in [3.63, 3.8) is 0 Å². The molecule has 0 radical (unpaired) electrons. The van der Waals surface area contributed by atoms with Gasteiger partial charge in [0.2, 0.25) is 0 Å². The number of nitrogens with two attached hydrogens (primary N) is 1. The van der Waals surface area contributed by atoms with E-state index in [0.717, 1.165) is 12.3 Å². The SMILES string of the molecule is Nc1ccccc1N(CCO)C(=O)c1cncc(F)c1. The molecule has 6 heteroatoms. The zero-order valence-electron chi connectivity index (χ0n) is 10.7. The summed E-state index contributed by atoms with van der Waals surface area (Å²) in [5.74, 6) is -1.07. The minimum atomic E-state index is -0.596. The number of carbonyl (C=O) groups is 1. The molecule has 0 spiro atoms. The zero-order chi connectivity index (χ0) is 14.5. The third-order valence-electron chi connectivity index (χ3n) is 2.75. The molecule has 0 fully saturated rings. The van der Waals surface area contributed by atoms with E-state index in [2.05, 4.69) is 4.98 Å². The Balaban J connectivity index is 2.39. The highest BCUT2D eigenvalue weighted by Gasteiger charge is 2.19. The predicted octanol–water partition coefficient (Wildman–Crippen LogP) is 1.44. The molecule has 0 saturated carbocycles. The Morgan fingerprint density at radius 2 is 2.10 bits per heavy atom. The first-order valence-electron chi connectivity index (χ1n) is 6.01. The lowest BCUT2D eigenvalue weighted by Gasteiger charge is -2.23. The Kier molecular flexibility index (Phi) is 4.27. The van der Waals surface area contributed by atoms with Crippen molar-refractivity contribution in [1.29, 1.82) is 0 Å². The zero-order valence-corrected chi connectivity index (χ0v) is 10.7. The fraction of sp³-hybridized carbons (Fsp3) is 0.143. The number of aliphatic hydroxyl groups is 1. The largest absolute Gasteiger partial charge is 0.397 e. The lowest BCUT2D eigenvalue weighted by atomic mass is 10.2. The maximum atomic E-state index is 13.2. The van der Waals surface area contributed by atoms with Gasteiger partial charge in [0, 0.05) is 12.7 Å². The summed E-state index contributed by atoms with van der Waals surface area (Å²) < 4.78 is 13.2. The average Bonchev–Trinajstić information content (AvgIpc) is 2.45. The van der Waals surface area contributed by atoms with Crippen molar-refractivity contribution >= 4 is 17.3 Å². The first kappa shape index (κ1) is 14.0. The number of carbonyl (C=O) groups excluding carboxylic acids is 1. The van der Waals surface area contributed by atoms with Crippen molar-refractivity contribution in [2.24, 2.45) is 0 Å². The van der Waals surface area contributed by atoms with Gasteiger partial charge in [-0.05, 0) is 18.2 Å². The second-order valence-electron chi connectivity index (χ2n) is 4.13. The van der Waals surface area contributed by atoms with E-state index in [0.29, 0.717) is 11.4 Å². The van der Waals surface area contributed by atoms with Gasteiger partial charge in [-0.25, -0.2) is 4.39 Å². The summed E-state index contributed by atoms with van der Waals surface area (Å²) in [5.41, 5.74) is 6.80. The molecule has 0 aliphatic heterocycles. The van der Waals surface area contributed by atoms with Crippen LogP contribution in [-0.2, 0) is 0 Å². The van der Waals surface area contributed by atoms with Crippen LogP contribution in [0.3, 0.4) is 0 Å². The van der Waals surface area contributed by atoms with Crippen molar-refractivity contribution in [3.8, 4) is 0 Å². The molecule has 20 heavy (non-hydrogen) atoms. The summed E-state index contributed by atoms with van der Waals surface area (Å²) in [4.78, 5) is 17.3. The van der Waals surface area contributed by atoms with Crippen molar-refractivity contribution < 1.29 is 14.3 Å². The van der Waals surface area contributed by atoms with E-state index in [4.69, 9.17) is 10.8 Å². The molecule has 0 atom stereocenters. The molecule has 0 aliphatic carbocycles. The van der Waals surface area contributed by atoms with Gasteiger partial charge in [0.15, 0.2) is 0 Å². The van der Waals surface area contributed by atoms with E-state index < -0.39 is 11.7 Å². The van der Waals surface area contributed by atoms with Crippen LogP contribution in [0.5, 0.6) is 0 Å². The number of benzene rings is 1. The third kappa shape index (κ3) is 2.92. The molecule has 1 aromatic heterocycles. The molecule has 1 aromatic carbocycles. The Morgan fingerprint density at radius 3 is 2.75 bits per heavy atom. The van der Waals surface area contributed by atoms with Gasteiger partial charge in [-0.15, -0.1) is 0 Å². The monoisotopic (exact) mass is 275 g/mol. The number of nitrogen functional groups attached to an aromatic ring is 1. The van der Waals surface area contributed by atoms with E-state index in [1.807, 2.05) is 0 Å². The van der Waals surface area contributed by atoms with Gasteiger partial charge < -0.3 is 15.7 Å². The van der Waals surface area contributed by atoms with Crippen LogP contribution in [0.15, 0.2) is 42.7 Å². The molecule has 5 nitrogen and oxygen atoms in total. The molecule has 0 bridgehead atoms. The number of aliphatic hydroxyl groups excluding tert-OH is 1. The normalized spacial score (nSPS) is 10.3. The average molecular weight is 275 g/mol. The number of rotatable bonds is 4. The molecular formula is C14H14FN3O2. The van der Waals surface area contributed by atoms with Gasteiger partial charge >= 0.3 is 0 Å². The summed E-state index contributed by atoms with van der Waals surface area (Å²) in [6.07, 6.45) is 2.29. The topological polar surface area (TPSA) is 79.5 Å². The predicted molar refractivity (Wildman–Crippen MR) is 73.8 cm³/mol. The van der Waals surface area contributed by atoms with Crippen LogP contribution in [0.25, 0.3) is 0 Å². The van der Waals surface area contributed by atoms with Crippen LogP contribution in [0.1, 0.15) is 10.4 Å². The maximum Gasteiger partial charge on any atom is 0.260 e. The number of para-hydroxylation sites is 2. The molecule has 0 unspecified atom stereocenters. The van der Waals surface area contributed by atoms with Crippen LogP contribution in [0, 0.1) is 5.82 Å². The summed E-state index contributed by atoms with van der Waals surface area (Å²) in [7, 11) is 0. The van der Waals surface area contributed by atoms with Crippen LogP contribution >= 0.6 is 0 Å². The minimum Gasteiger partial charge on any atom is -0.397 e. The summed E-state index contributed by atoms with van der Waals surface area (Å²) >= 11 is 0. The molecular weight excluding hydrogens is 261 g/mol. The van der Waals surface area contributed by atoms with E-state index in [9.17, 15) is 9.18 Å². The molecule has 0 saturated heterocycles.